The van der Waals surface area contributed by atoms with Crippen LogP contribution in [0.5, 0.6) is 5.75 Å². The third kappa shape index (κ3) is 9.27. The molecule has 1 amide bonds. The average Bonchev–Trinajstić information content (AvgIpc) is 3.28. The van der Waals surface area contributed by atoms with E-state index in [4.69, 9.17) is 19.9 Å². The highest BCUT2D eigenvalue weighted by atomic mass is 16.6. The number of pyridine rings is 1. The topological polar surface area (TPSA) is 153 Å². The van der Waals surface area contributed by atoms with Gasteiger partial charge in [0.15, 0.2) is 6.04 Å². The van der Waals surface area contributed by atoms with Crippen LogP contribution in [0, 0.1) is 0 Å². The molecule has 11 heteroatoms. The van der Waals surface area contributed by atoms with Gasteiger partial charge in [0.05, 0.1) is 36.6 Å². The van der Waals surface area contributed by atoms with Gasteiger partial charge in [0, 0.05) is 31.8 Å². The van der Waals surface area contributed by atoms with Crippen molar-refractivity contribution in [1.82, 2.24) is 25.6 Å². The summed E-state index contributed by atoms with van der Waals surface area (Å²) < 4.78 is 17.2. The number of amides is 1. The Labute approximate surface area is 206 Å². The van der Waals surface area contributed by atoms with E-state index in [-0.39, 0.29) is 5.69 Å². The number of hydrogen-bond donors (Lipinski definition) is 4. The van der Waals surface area contributed by atoms with Crippen molar-refractivity contribution < 1.29 is 23.8 Å². The first-order chi connectivity index (χ1) is 16.3. The van der Waals surface area contributed by atoms with Gasteiger partial charge in [0.25, 0.3) is 5.91 Å². The molecule has 11 nitrogen and oxygen atoms in total. The summed E-state index contributed by atoms with van der Waals surface area (Å²) in [5, 5.41) is 5.90. The molecule has 2 aromatic rings. The average molecular weight is 491 g/mol. The van der Waals surface area contributed by atoms with E-state index in [2.05, 4.69) is 25.6 Å². The summed E-state index contributed by atoms with van der Waals surface area (Å²) in [6.45, 7) is 12.3. The molecule has 35 heavy (non-hydrogen) atoms. The second-order valence-corrected chi connectivity index (χ2v) is 9.99. The number of carbonyl (C=O) groups excluding carboxylic acids is 2. The van der Waals surface area contributed by atoms with Gasteiger partial charge in [-0.15, -0.1) is 0 Å². The Morgan fingerprint density at radius 1 is 1.14 bits per heavy atom. The molecule has 0 aliphatic rings. The normalized spacial score (nSPS) is 13.7. The summed E-state index contributed by atoms with van der Waals surface area (Å²) in [4.78, 5) is 38.1. The van der Waals surface area contributed by atoms with Crippen LogP contribution in [0.3, 0.4) is 0 Å². The maximum atomic E-state index is 13.4. The van der Waals surface area contributed by atoms with E-state index in [1.165, 1.54) is 19.5 Å². The van der Waals surface area contributed by atoms with Crippen LogP contribution >= 0.6 is 0 Å². The first-order valence-electron chi connectivity index (χ1n) is 11.5. The van der Waals surface area contributed by atoms with Gasteiger partial charge in [-0.3, -0.25) is 4.79 Å². The monoisotopic (exact) mass is 490 g/mol. The zero-order chi connectivity index (χ0) is 26.2. The highest BCUT2D eigenvalue weighted by Crippen LogP contribution is 2.28. The largest absolute Gasteiger partial charge is 0.497 e. The Morgan fingerprint density at radius 2 is 1.86 bits per heavy atom. The Balaban J connectivity index is 2.42. The smallest absolute Gasteiger partial charge is 0.332 e. The number of nitrogens with two attached hydrogens (primary N) is 1. The van der Waals surface area contributed by atoms with E-state index in [1.54, 1.807) is 33.0 Å². The lowest BCUT2D eigenvalue weighted by Gasteiger charge is -2.33. The minimum Gasteiger partial charge on any atom is -0.497 e. The Morgan fingerprint density at radius 3 is 2.40 bits per heavy atom. The van der Waals surface area contributed by atoms with Crippen LogP contribution in [0.25, 0.3) is 0 Å². The van der Waals surface area contributed by atoms with Gasteiger partial charge in [0.1, 0.15) is 23.1 Å². The molecule has 0 radical (unpaired) electrons. The van der Waals surface area contributed by atoms with Crippen molar-refractivity contribution in [2.45, 2.75) is 71.4 Å². The number of carbonyl (C=O) groups is 2. The van der Waals surface area contributed by atoms with Crippen molar-refractivity contribution in [3.63, 3.8) is 0 Å². The van der Waals surface area contributed by atoms with Gasteiger partial charge in [-0.1, -0.05) is 0 Å². The standard InChI is InChI=1S/C24H38N6O5/c1-23(2,3)34-20(18-13-27-14-28-18)19(22(32)35-24(4,5)6)30-21(31)17-11-16(33-7)10-15(29-17)12-26-9-8-25/h10-11,13-14,19-20,26H,8-9,12,25H2,1-7H3,(H,27,28)(H,30,31)/t19-,20-/m0/s1. The predicted molar refractivity (Wildman–Crippen MR) is 131 cm³/mol. The summed E-state index contributed by atoms with van der Waals surface area (Å²) in [6.07, 6.45) is 2.13. The predicted octanol–water partition coefficient (Wildman–Crippen LogP) is 1.86. The number of ether oxygens (including phenoxy) is 3. The summed E-state index contributed by atoms with van der Waals surface area (Å²) in [7, 11) is 1.50. The van der Waals surface area contributed by atoms with Crippen LogP contribution in [0.2, 0.25) is 0 Å². The van der Waals surface area contributed by atoms with Crippen molar-refractivity contribution in [3.05, 3.63) is 41.7 Å². The molecule has 2 atom stereocenters. The highest BCUT2D eigenvalue weighted by Gasteiger charge is 2.39. The molecule has 2 heterocycles. The van der Waals surface area contributed by atoms with Crippen molar-refractivity contribution in [3.8, 4) is 5.75 Å². The van der Waals surface area contributed by atoms with E-state index < -0.39 is 35.2 Å². The van der Waals surface area contributed by atoms with Gasteiger partial charge in [-0.25, -0.2) is 14.8 Å². The number of aromatic amines is 1. The molecule has 0 aromatic carbocycles. The number of esters is 1. The number of rotatable bonds is 11. The minimum absolute atomic E-state index is 0.0848. The molecule has 5 N–H and O–H groups in total. The fourth-order valence-corrected chi connectivity index (χ4v) is 3.16. The van der Waals surface area contributed by atoms with E-state index in [9.17, 15) is 9.59 Å². The lowest BCUT2D eigenvalue weighted by molar-refractivity contribution is -0.165. The SMILES string of the molecule is COc1cc(CNCCN)nc(C(=O)N[C@H](C(=O)OC(C)(C)C)[C@@H](OC(C)(C)C)c2cnc[nH]2)c1. The Bertz CT molecular complexity index is 966. The lowest BCUT2D eigenvalue weighted by Crippen LogP contribution is -2.50. The number of H-pyrrole nitrogens is 1. The second kappa shape index (κ2) is 12.1. The summed E-state index contributed by atoms with van der Waals surface area (Å²) in [6, 6.07) is 2.04. The number of methoxy groups -OCH3 is 1. The summed E-state index contributed by atoms with van der Waals surface area (Å²) in [5.74, 6) is -0.774. The fourth-order valence-electron chi connectivity index (χ4n) is 3.16. The maximum Gasteiger partial charge on any atom is 0.332 e. The van der Waals surface area contributed by atoms with Crippen LogP contribution < -0.4 is 21.1 Å². The molecule has 0 fully saturated rings. The van der Waals surface area contributed by atoms with E-state index >= 15 is 0 Å². The Kier molecular flexibility index (Phi) is 9.75. The van der Waals surface area contributed by atoms with E-state index in [0.29, 0.717) is 36.8 Å². The molecule has 2 rings (SSSR count). The van der Waals surface area contributed by atoms with Crippen LogP contribution in [-0.2, 0) is 20.8 Å². The third-order valence-electron chi connectivity index (χ3n) is 4.50. The minimum atomic E-state index is -1.19. The molecule has 0 unspecified atom stereocenters. The van der Waals surface area contributed by atoms with Crippen molar-refractivity contribution in [2.24, 2.45) is 5.73 Å². The van der Waals surface area contributed by atoms with Crippen LogP contribution in [0.15, 0.2) is 24.7 Å². The van der Waals surface area contributed by atoms with E-state index in [1.807, 2.05) is 20.8 Å². The molecule has 0 aliphatic carbocycles. The number of aromatic nitrogens is 3. The molecular weight excluding hydrogens is 452 g/mol. The van der Waals surface area contributed by atoms with Gasteiger partial charge >= 0.3 is 5.97 Å². The number of imidazole rings is 1. The van der Waals surface area contributed by atoms with Crippen LogP contribution in [0.4, 0.5) is 0 Å². The van der Waals surface area contributed by atoms with Crippen molar-refractivity contribution >= 4 is 11.9 Å². The Hall–Kier alpha value is -3.02. The second-order valence-electron chi connectivity index (χ2n) is 9.99. The first kappa shape index (κ1) is 28.2. The quantitative estimate of drug-likeness (QED) is 0.273. The number of nitrogens with one attached hydrogen (secondary N) is 3. The number of hydrogen-bond acceptors (Lipinski definition) is 9. The van der Waals surface area contributed by atoms with Crippen molar-refractivity contribution in [1.29, 1.82) is 0 Å². The number of nitrogens with zero attached hydrogens (tertiary/aromatic N) is 2. The molecule has 0 saturated heterocycles. The molecule has 0 bridgehead atoms. The lowest BCUT2D eigenvalue weighted by atomic mass is 10.0. The molecule has 194 valence electrons. The zero-order valence-electron chi connectivity index (χ0n) is 21.6. The molecule has 0 spiro atoms. The third-order valence-corrected chi connectivity index (χ3v) is 4.50. The molecule has 0 aliphatic heterocycles. The summed E-state index contributed by atoms with van der Waals surface area (Å²) >= 11 is 0. The van der Waals surface area contributed by atoms with Crippen LogP contribution in [-0.4, -0.2) is 64.3 Å². The highest BCUT2D eigenvalue weighted by molar-refractivity contribution is 5.95. The van der Waals surface area contributed by atoms with Gasteiger partial charge < -0.3 is 35.6 Å². The van der Waals surface area contributed by atoms with Crippen LogP contribution in [0.1, 0.15) is 69.5 Å². The van der Waals surface area contributed by atoms with Gasteiger partial charge in [-0.2, -0.15) is 0 Å². The molecule has 2 aromatic heterocycles. The zero-order valence-corrected chi connectivity index (χ0v) is 21.6. The molecule has 0 saturated carbocycles. The summed E-state index contributed by atoms with van der Waals surface area (Å²) in [5.41, 5.74) is 5.30. The van der Waals surface area contributed by atoms with Crippen molar-refractivity contribution in [2.75, 3.05) is 20.2 Å². The maximum absolute atomic E-state index is 13.4. The van der Waals surface area contributed by atoms with E-state index in [0.717, 1.165) is 0 Å². The van der Waals surface area contributed by atoms with Gasteiger partial charge in [0.2, 0.25) is 0 Å². The fraction of sp³-hybridized carbons (Fsp3) is 0.583. The van der Waals surface area contributed by atoms with Gasteiger partial charge in [-0.05, 0) is 41.5 Å². The molecular formula is C24H38N6O5. The first-order valence-corrected chi connectivity index (χ1v) is 11.5.